The summed E-state index contributed by atoms with van der Waals surface area (Å²) >= 11 is 0. The van der Waals surface area contributed by atoms with Gasteiger partial charge in [0.05, 0.1) is 39.1 Å². The van der Waals surface area contributed by atoms with Gasteiger partial charge in [0, 0.05) is 42.8 Å². The van der Waals surface area contributed by atoms with Crippen molar-refractivity contribution < 1.29 is 14.3 Å². The molecule has 3 aromatic rings. The van der Waals surface area contributed by atoms with Gasteiger partial charge in [-0.2, -0.15) is 0 Å². The fraction of sp³-hybridized carbons (Fsp3) is 0.381. The number of nitrogens with one attached hydrogen (secondary N) is 1. The lowest BCUT2D eigenvalue weighted by atomic mass is 10.0. The van der Waals surface area contributed by atoms with E-state index in [0.717, 1.165) is 16.7 Å². The van der Waals surface area contributed by atoms with Crippen molar-refractivity contribution in [3.8, 4) is 0 Å². The van der Waals surface area contributed by atoms with E-state index in [9.17, 15) is 4.79 Å². The van der Waals surface area contributed by atoms with Crippen LogP contribution < -0.4 is 4.90 Å². The van der Waals surface area contributed by atoms with E-state index >= 15 is 0 Å². The molecule has 1 amide bonds. The van der Waals surface area contributed by atoms with E-state index in [1.165, 1.54) is 0 Å². The molecule has 8 nitrogen and oxygen atoms in total. The number of fused-ring (bicyclic) bond motifs is 1. The third-order valence-corrected chi connectivity index (χ3v) is 5.56. The van der Waals surface area contributed by atoms with Gasteiger partial charge in [0.2, 0.25) is 0 Å². The van der Waals surface area contributed by atoms with Crippen LogP contribution >= 0.6 is 0 Å². The van der Waals surface area contributed by atoms with Crippen molar-refractivity contribution in [2.75, 3.05) is 50.9 Å². The van der Waals surface area contributed by atoms with Crippen LogP contribution in [-0.2, 0) is 9.47 Å². The minimum atomic E-state index is -0.585. The normalized spacial score (nSPS) is 22.8. The number of anilines is 1. The first-order valence-electron chi connectivity index (χ1n) is 9.82. The molecule has 150 valence electrons. The summed E-state index contributed by atoms with van der Waals surface area (Å²) < 4.78 is 12.1. The van der Waals surface area contributed by atoms with Crippen molar-refractivity contribution in [1.82, 2.24) is 19.9 Å². The summed E-state index contributed by atoms with van der Waals surface area (Å²) in [6, 6.07) is 7.77. The van der Waals surface area contributed by atoms with Gasteiger partial charge in [0.15, 0.2) is 0 Å². The van der Waals surface area contributed by atoms with Gasteiger partial charge in [-0.05, 0) is 23.6 Å². The Bertz CT molecular complexity index is 1010. The minimum absolute atomic E-state index is 0.0134. The van der Waals surface area contributed by atoms with Crippen LogP contribution in [0.25, 0.3) is 10.9 Å². The van der Waals surface area contributed by atoms with Crippen LogP contribution in [0.15, 0.2) is 49.1 Å². The molecule has 1 spiro atoms. The Morgan fingerprint density at radius 3 is 3.00 bits per heavy atom. The summed E-state index contributed by atoms with van der Waals surface area (Å²) in [5, 5.41) is 1.09. The Balaban J connectivity index is 1.37. The predicted octanol–water partition coefficient (Wildman–Crippen LogP) is 1.71. The van der Waals surface area contributed by atoms with Crippen LogP contribution in [0.1, 0.15) is 10.4 Å². The molecule has 0 saturated carbocycles. The first-order valence-corrected chi connectivity index (χ1v) is 9.82. The van der Waals surface area contributed by atoms with E-state index < -0.39 is 5.60 Å². The smallest absolute Gasteiger partial charge is 0.254 e. The highest BCUT2D eigenvalue weighted by molar-refractivity contribution is 5.98. The zero-order chi connectivity index (χ0) is 19.7. The maximum absolute atomic E-state index is 13.2. The summed E-state index contributed by atoms with van der Waals surface area (Å²) in [6.45, 7) is 3.86. The fourth-order valence-corrected chi connectivity index (χ4v) is 4.12. The molecule has 4 heterocycles. The molecule has 29 heavy (non-hydrogen) atoms. The monoisotopic (exact) mass is 393 g/mol. The number of aromatic amines is 1. The average molecular weight is 393 g/mol. The molecule has 2 aromatic heterocycles. The molecule has 2 aliphatic rings. The zero-order valence-corrected chi connectivity index (χ0v) is 16.1. The maximum Gasteiger partial charge on any atom is 0.254 e. The molecule has 1 aromatic carbocycles. The second-order valence-corrected chi connectivity index (χ2v) is 7.58. The van der Waals surface area contributed by atoms with Crippen LogP contribution in [0.3, 0.4) is 0 Å². The number of H-pyrrole nitrogens is 1. The number of carbonyl (C=O) groups is 1. The highest BCUT2D eigenvalue weighted by Gasteiger charge is 2.42. The Labute approximate surface area is 168 Å². The highest BCUT2D eigenvalue weighted by Crippen LogP contribution is 2.26. The number of rotatable bonds is 2. The molecule has 0 unspecified atom stereocenters. The van der Waals surface area contributed by atoms with Gasteiger partial charge in [-0.15, -0.1) is 0 Å². The summed E-state index contributed by atoms with van der Waals surface area (Å²) in [4.78, 5) is 29.0. The largest absolute Gasteiger partial charge is 0.376 e. The van der Waals surface area contributed by atoms with E-state index in [0.29, 0.717) is 51.6 Å². The van der Waals surface area contributed by atoms with Crippen LogP contribution in [0.5, 0.6) is 0 Å². The van der Waals surface area contributed by atoms with Crippen molar-refractivity contribution in [2.24, 2.45) is 0 Å². The van der Waals surface area contributed by atoms with Gasteiger partial charge in [0.25, 0.3) is 5.91 Å². The predicted molar refractivity (Wildman–Crippen MR) is 108 cm³/mol. The third kappa shape index (κ3) is 3.56. The molecule has 2 saturated heterocycles. The molecule has 5 rings (SSSR count). The molecule has 1 N–H and O–H groups in total. The van der Waals surface area contributed by atoms with E-state index in [2.05, 4.69) is 19.9 Å². The number of hydrogen-bond donors (Lipinski definition) is 1. The van der Waals surface area contributed by atoms with Crippen molar-refractivity contribution in [1.29, 1.82) is 0 Å². The van der Waals surface area contributed by atoms with Crippen molar-refractivity contribution >= 4 is 22.6 Å². The van der Waals surface area contributed by atoms with E-state index in [1.54, 1.807) is 18.6 Å². The molecule has 1 atom stereocenters. The van der Waals surface area contributed by atoms with E-state index in [1.807, 2.05) is 35.4 Å². The number of nitrogens with zero attached hydrogens (tertiary/aromatic N) is 4. The van der Waals surface area contributed by atoms with Crippen LogP contribution in [0.4, 0.5) is 5.82 Å². The number of amides is 1. The molecule has 2 fully saturated rings. The second kappa shape index (κ2) is 7.46. The zero-order valence-electron chi connectivity index (χ0n) is 16.1. The number of benzene rings is 1. The first kappa shape index (κ1) is 18.1. The topological polar surface area (TPSA) is 83.6 Å². The summed E-state index contributed by atoms with van der Waals surface area (Å²) in [6.07, 6.45) is 6.97. The SMILES string of the molecule is O=C(c1ccc2cc[nH]c2c1)N1CCO[C@@]2(COCCN(c3cnccn3)C2)C1. The lowest BCUT2D eigenvalue weighted by molar-refractivity contribution is -0.124. The highest BCUT2D eigenvalue weighted by atomic mass is 16.5. The molecule has 8 heteroatoms. The Hall–Kier alpha value is -2.97. The lowest BCUT2D eigenvalue weighted by Crippen LogP contribution is -2.60. The Kier molecular flexibility index (Phi) is 4.65. The molecule has 0 radical (unpaired) electrons. The lowest BCUT2D eigenvalue weighted by Gasteiger charge is -2.43. The van der Waals surface area contributed by atoms with E-state index in [4.69, 9.17) is 9.47 Å². The molecule has 0 aliphatic carbocycles. The summed E-state index contributed by atoms with van der Waals surface area (Å²) in [5.41, 5.74) is 1.06. The summed E-state index contributed by atoms with van der Waals surface area (Å²) in [5.74, 6) is 0.807. The van der Waals surface area contributed by atoms with Crippen LogP contribution in [-0.4, -0.2) is 77.4 Å². The molecule has 0 bridgehead atoms. The van der Waals surface area contributed by atoms with Gasteiger partial charge >= 0.3 is 0 Å². The number of morpholine rings is 1. The molecular formula is C21H23N5O3. The summed E-state index contributed by atoms with van der Waals surface area (Å²) in [7, 11) is 0. The molecular weight excluding hydrogens is 370 g/mol. The maximum atomic E-state index is 13.2. The number of ether oxygens (including phenoxy) is 2. The van der Waals surface area contributed by atoms with Gasteiger partial charge in [-0.25, -0.2) is 4.98 Å². The first-order chi connectivity index (χ1) is 14.2. The van der Waals surface area contributed by atoms with Gasteiger partial charge < -0.3 is 24.3 Å². The van der Waals surface area contributed by atoms with E-state index in [-0.39, 0.29) is 5.91 Å². The third-order valence-electron chi connectivity index (χ3n) is 5.56. The van der Waals surface area contributed by atoms with Crippen molar-refractivity contribution in [3.63, 3.8) is 0 Å². The molecule has 2 aliphatic heterocycles. The van der Waals surface area contributed by atoms with Crippen molar-refractivity contribution in [3.05, 3.63) is 54.6 Å². The number of aromatic nitrogens is 3. The quantitative estimate of drug-likeness (QED) is 0.714. The average Bonchev–Trinajstić information content (AvgIpc) is 3.15. The Morgan fingerprint density at radius 1 is 1.14 bits per heavy atom. The van der Waals surface area contributed by atoms with Gasteiger partial charge in [-0.3, -0.25) is 9.78 Å². The standard InChI is InChI=1S/C21H23N5O3/c27-20(17-2-1-16-3-4-23-18(16)11-17)26-8-10-29-21(14-26)13-25(7-9-28-15-21)19-12-22-5-6-24-19/h1-6,11-12,23H,7-10,13-15H2/t21-/m1/s1. The minimum Gasteiger partial charge on any atom is -0.376 e. The Morgan fingerprint density at radius 2 is 2.10 bits per heavy atom. The number of hydrogen-bond acceptors (Lipinski definition) is 6. The fourth-order valence-electron chi connectivity index (χ4n) is 4.12. The van der Waals surface area contributed by atoms with Gasteiger partial charge in [-0.1, -0.05) is 6.07 Å². The van der Waals surface area contributed by atoms with Crippen molar-refractivity contribution in [2.45, 2.75) is 5.60 Å². The van der Waals surface area contributed by atoms with Gasteiger partial charge in [0.1, 0.15) is 11.4 Å². The second-order valence-electron chi connectivity index (χ2n) is 7.58. The number of carbonyl (C=O) groups excluding carboxylic acids is 1. The van der Waals surface area contributed by atoms with Crippen LogP contribution in [0, 0.1) is 0 Å². The van der Waals surface area contributed by atoms with Crippen LogP contribution in [0.2, 0.25) is 0 Å².